The SMILES string of the molecule is Cc1c[nH]c(=O)c2cccc(S(=O)(=O)N3CCNC(C)CC3)c12. The molecular formula is C16H21N3O3S. The van der Waals surface area contributed by atoms with Gasteiger partial charge in [-0.15, -0.1) is 0 Å². The molecule has 7 heteroatoms. The van der Waals surface area contributed by atoms with Crippen molar-refractivity contribution in [2.75, 3.05) is 19.6 Å². The van der Waals surface area contributed by atoms with Crippen molar-refractivity contribution >= 4 is 20.8 Å². The molecule has 1 atom stereocenters. The fourth-order valence-corrected chi connectivity index (χ4v) is 4.77. The summed E-state index contributed by atoms with van der Waals surface area (Å²) in [6.07, 6.45) is 2.33. The maximum atomic E-state index is 13.1. The zero-order valence-electron chi connectivity index (χ0n) is 13.3. The van der Waals surface area contributed by atoms with E-state index in [1.165, 1.54) is 4.31 Å². The quantitative estimate of drug-likeness (QED) is 0.864. The monoisotopic (exact) mass is 335 g/mol. The minimum atomic E-state index is -3.63. The summed E-state index contributed by atoms with van der Waals surface area (Å²) in [5.74, 6) is 0. The van der Waals surface area contributed by atoms with Gasteiger partial charge in [0.25, 0.3) is 5.56 Å². The van der Waals surface area contributed by atoms with Gasteiger partial charge < -0.3 is 10.3 Å². The molecule has 2 aromatic rings. The van der Waals surface area contributed by atoms with E-state index in [2.05, 4.69) is 17.2 Å². The zero-order chi connectivity index (χ0) is 16.6. The zero-order valence-corrected chi connectivity index (χ0v) is 14.1. The lowest BCUT2D eigenvalue weighted by Crippen LogP contribution is -2.34. The van der Waals surface area contributed by atoms with Crippen LogP contribution in [0.3, 0.4) is 0 Å². The summed E-state index contributed by atoms with van der Waals surface area (Å²) in [5.41, 5.74) is 0.480. The van der Waals surface area contributed by atoms with Gasteiger partial charge >= 0.3 is 0 Å². The first kappa shape index (κ1) is 16.2. The molecule has 0 saturated carbocycles. The van der Waals surface area contributed by atoms with Gasteiger partial charge in [0.2, 0.25) is 10.0 Å². The number of aryl methyl sites for hydroxylation is 1. The molecule has 2 heterocycles. The fraction of sp³-hybridized carbons (Fsp3) is 0.438. The summed E-state index contributed by atoms with van der Waals surface area (Å²) in [5, 5.41) is 4.22. The van der Waals surface area contributed by atoms with Gasteiger partial charge in [-0.1, -0.05) is 6.07 Å². The van der Waals surface area contributed by atoms with Gasteiger partial charge in [0, 0.05) is 42.6 Å². The number of aromatic amines is 1. The number of hydrogen-bond donors (Lipinski definition) is 2. The second kappa shape index (κ2) is 6.07. The molecule has 1 saturated heterocycles. The average molecular weight is 335 g/mol. The van der Waals surface area contributed by atoms with E-state index in [1.807, 2.05) is 6.92 Å². The number of fused-ring (bicyclic) bond motifs is 1. The number of nitrogens with one attached hydrogen (secondary N) is 2. The molecule has 0 spiro atoms. The summed E-state index contributed by atoms with van der Waals surface area (Å²) in [4.78, 5) is 14.9. The maximum absolute atomic E-state index is 13.1. The highest BCUT2D eigenvalue weighted by Crippen LogP contribution is 2.26. The minimum absolute atomic E-state index is 0.216. The van der Waals surface area contributed by atoms with E-state index in [1.54, 1.807) is 24.4 Å². The summed E-state index contributed by atoms with van der Waals surface area (Å²) in [7, 11) is -3.63. The molecule has 1 aliphatic heterocycles. The van der Waals surface area contributed by atoms with Crippen molar-refractivity contribution in [2.45, 2.75) is 31.2 Å². The Kier molecular flexibility index (Phi) is 4.27. The molecule has 1 fully saturated rings. The number of benzene rings is 1. The van der Waals surface area contributed by atoms with Crippen molar-refractivity contribution in [3.05, 3.63) is 40.3 Å². The summed E-state index contributed by atoms with van der Waals surface area (Å²) in [6, 6.07) is 5.17. The molecule has 2 N–H and O–H groups in total. The number of aromatic nitrogens is 1. The van der Waals surface area contributed by atoms with Crippen LogP contribution in [0.4, 0.5) is 0 Å². The molecule has 1 aromatic carbocycles. The Morgan fingerprint density at radius 2 is 2.04 bits per heavy atom. The van der Waals surface area contributed by atoms with E-state index in [4.69, 9.17) is 0 Å². The van der Waals surface area contributed by atoms with Crippen molar-refractivity contribution in [3.63, 3.8) is 0 Å². The molecule has 0 aliphatic carbocycles. The van der Waals surface area contributed by atoms with Crippen LogP contribution in [0.2, 0.25) is 0 Å². The lowest BCUT2D eigenvalue weighted by atomic mass is 10.1. The topological polar surface area (TPSA) is 82.3 Å². The van der Waals surface area contributed by atoms with Crippen LogP contribution >= 0.6 is 0 Å². The van der Waals surface area contributed by atoms with E-state index in [0.717, 1.165) is 12.0 Å². The lowest BCUT2D eigenvalue weighted by Gasteiger charge is -2.21. The predicted octanol–water partition coefficient (Wildman–Crippen LogP) is 1.21. The average Bonchev–Trinajstić information content (AvgIpc) is 2.75. The summed E-state index contributed by atoms with van der Waals surface area (Å²) < 4.78 is 27.7. The molecule has 1 aliphatic rings. The van der Waals surface area contributed by atoms with Gasteiger partial charge in [0.15, 0.2) is 0 Å². The number of H-pyrrole nitrogens is 1. The molecule has 124 valence electrons. The van der Waals surface area contributed by atoms with Crippen LogP contribution in [-0.2, 0) is 10.0 Å². The van der Waals surface area contributed by atoms with Crippen molar-refractivity contribution in [1.82, 2.24) is 14.6 Å². The van der Waals surface area contributed by atoms with Gasteiger partial charge in [-0.2, -0.15) is 4.31 Å². The van der Waals surface area contributed by atoms with Crippen molar-refractivity contribution in [2.24, 2.45) is 0 Å². The second-order valence-electron chi connectivity index (χ2n) is 6.03. The van der Waals surface area contributed by atoms with E-state index >= 15 is 0 Å². The highest BCUT2D eigenvalue weighted by atomic mass is 32.2. The first-order valence-corrected chi connectivity index (χ1v) is 9.20. The smallest absolute Gasteiger partial charge is 0.255 e. The Labute approximate surface area is 135 Å². The number of nitrogens with zero attached hydrogens (tertiary/aromatic N) is 1. The minimum Gasteiger partial charge on any atom is -0.328 e. The van der Waals surface area contributed by atoms with Gasteiger partial charge in [-0.3, -0.25) is 4.79 Å². The number of hydrogen-bond acceptors (Lipinski definition) is 4. The van der Waals surface area contributed by atoms with E-state index in [-0.39, 0.29) is 10.5 Å². The Morgan fingerprint density at radius 3 is 2.83 bits per heavy atom. The van der Waals surface area contributed by atoms with Crippen molar-refractivity contribution in [3.8, 4) is 0 Å². The molecular weight excluding hydrogens is 314 g/mol. The first-order chi connectivity index (χ1) is 10.9. The third-order valence-corrected chi connectivity index (χ3v) is 6.31. The molecule has 3 rings (SSSR count). The van der Waals surface area contributed by atoms with Crippen LogP contribution in [0.1, 0.15) is 18.9 Å². The summed E-state index contributed by atoms with van der Waals surface area (Å²) >= 11 is 0. The Balaban J connectivity index is 2.16. The van der Waals surface area contributed by atoms with Crippen LogP contribution in [-0.4, -0.2) is 43.4 Å². The van der Waals surface area contributed by atoms with Crippen LogP contribution in [0.15, 0.2) is 34.1 Å². The molecule has 0 amide bonds. The van der Waals surface area contributed by atoms with Crippen LogP contribution in [0, 0.1) is 6.92 Å². The highest BCUT2D eigenvalue weighted by Gasteiger charge is 2.28. The molecule has 0 bridgehead atoms. The third-order valence-electron chi connectivity index (χ3n) is 4.37. The molecule has 1 aromatic heterocycles. The molecule has 0 radical (unpaired) electrons. The van der Waals surface area contributed by atoms with Crippen LogP contribution in [0.25, 0.3) is 10.8 Å². The lowest BCUT2D eigenvalue weighted by molar-refractivity contribution is 0.429. The largest absolute Gasteiger partial charge is 0.328 e. The number of rotatable bonds is 2. The second-order valence-corrected chi connectivity index (χ2v) is 7.93. The fourth-order valence-electron chi connectivity index (χ4n) is 3.03. The van der Waals surface area contributed by atoms with Gasteiger partial charge in [0.1, 0.15) is 0 Å². The van der Waals surface area contributed by atoms with Gasteiger partial charge in [-0.05, 0) is 38.0 Å². The Morgan fingerprint density at radius 1 is 1.26 bits per heavy atom. The standard InChI is InChI=1S/C16H21N3O3S/c1-11-10-18-16(20)13-4-3-5-14(15(11)13)23(21,22)19-8-6-12(2)17-7-9-19/h3-5,10,12,17H,6-9H2,1-2H3,(H,18,20). The van der Waals surface area contributed by atoms with E-state index in [0.29, 0.717) is 36.4 Å². The van der Waals surface area contributed by atoms with Crippen molar-refractivity contribution < 1.29 is 8.42 Å². The predicted molar refractivity (Wildman–Crippen MR) is 90.1 cm³/mol. The normalized spacial score (nSPS) is 20.5. The third kappa shape index (κ3) is 2.91. The van der Waals surface area contributed by atoms with Crippen LogP contribution in [0.5, 0.6) is 0 Å². The highest BCUT2D eigenvalue weighted by molar-refractivity contribution is 7.89. The number of pyridine rings is 1. The van der Waals surface area contributed by atoms with Crippen molar-refractivity contribution in [1.29, 1.82) is 0 Å². The first-order valence-electron chi connectivity index (χ1n) is 7.76. The maximum Gasteiger partial charge on any atom is 0.255 e. The Hall–Kier alpha value is -1.70. The van der Waals surface area contributed by atoms with Gasteiger partial charge in [-0.25, -0.2) is 8.42 Å². The molecule has 6 nitrogen and oxygen atoms in total. The van der Waals surface area contributed by atoms with E-state index < -0.39 is 10.0 Å². The molecule has 1 unspecified atom stereocenters. The Bertz CT molecular complexity index is 889. The number of sulfonamides is 1. The molecule has 23 heavy (non-hydrogen) atoms. The van der Waals surface area contributed by atoms with Crippen LogP contribution < -0.4 is 10.9 Å². The van der Waals surface area contributed by atoms with Gasteiger partial charge in [0.05, 0.1) is 4.90 Å². The van der Waals surface area contributed by atoms with E-state index in [9.17, 15) is 13.2 Å². The summed E-state index contributed by atoms with van der Waals surface area (Å²) in [6.45, 7) is 5.41.